The molecule has 0 heterocycles. The lowest BCUT2D eigenvalue weighted by molar-refractivity contribution is 0.330. The molecule has 0 saturated heterocycles. The van der Waals surface area contributed by atoms with E-state index in [0.29, 0.717) is 24.2 Å². The van der Waals surface area contributed by atoms with Gasteiger partial charge in [0.1, 0.15) is 0 Å². The Labute approximate surface area is 170 Å². The Morgan fingerprint density at radius 1 is 0.462 bits per heavy atom. The van der Waals surface area contributed by atoms with Crippen LogP contribution in [-0.4, -0.2) is 34.4 Å². The van der Waals surface area contributed by atoms with Crippen LogP contribution in [0.1, 0.15) is 89.9 Å². The minimum atomic E-state index is 0.374. The van der Waals surface area contributed by atoms with Crippen LogP contribution < -0.4 is 21.3 Å². The molecule has 0 spiro atoms. The van der Waals surface area contributed by atoms with E-state index < -0.39 is 0 Å². The van der Waals surface area contributed by atoms with Gasteiger partial charge in [-0.15, -0.1) is 0 Å². The molecule has 148 valence electrons. The summed E-state index contributed by atoms with van der Waals surface area (Å²) in [6.07, 6.45) is 17.9. The van der Waals surface area contributed by atoms with Crippen molar-refractivity contribution in [2.45, 2.75) is 114 Å². The van der Waals surface area contributed by atoms with E-state index in [4.69, 9.17) is 24.4 Å². The minimum absolute atomic E-state index is 0.374. The van der Waals surface area contributed by atoms with Gasteiger partial charge in [0.05, 0.1) is 0 Å². The molecule has 3 aliphatic carbocycles. The zero-order valence-corrected chi connectivity index (χ0v) is 17.7. The molecule has 3 aliphatic rings. The quantitative estimate of drug-likeness (QED) is 0.541. The summed E-state index contributed by atoms with van der Waals surface area (Å²) in [5.41, 5.74) is 0. The lowest BCUT2D eigenvalue weighted by atomic mass is 9.90. The summed E-state index contributed by atoms with van der Waals surface area (Å²) in [4.78, 5) is 0. The Hall–Kier alpha value is -0.620. The number of hydrogen-bond acceptors (Lipinski definition) is 2. The standard InChI is InChI=1S/C20H36N4S2/c25-19(21-15-9-3-1-4-10-15)23-17-13-7-8-14-18(17)24-20(26)22-16-11-5-2-6-12-16/h15-18H,1-14H2,(H2,21,23,25)(H2,22,24,26)/t17-,18+. The molecule has 3 saturated carbocycles. The number of rotatable bonds is 4. The summed E-state index contributed by atoms with van der Waals surface area (Å²) in [7, 11) is 0. The fourth-order valence-electron chi connectivity index (χ4n) is 4.76. The van der Waals surface area contributed by atoms with E-state index in [2.05, 4.69) is 21.3 Å². The summed E-state index contributed by atoms with van der Waals surface area (Å²) >= 11 is 11.2. The minimum Gasteiger partial charge on any atom is -0.360 e. The van der Waals surface area contributed by atoms with Crippen molar-refractivity contribution in [1.29, 1.82) is 0 Å². The van der Waals surface area contributed by atoms with Gasteiger partial charge in [-0.05, 0) is 63.0 Å². The normalized spacial score (nSPS) is 28.2. The van der Waals surface area contributed by atoms with E-state index in [-0.39, 0.29) is 0 Å². The Morgan fingerprint density at radius 2 is 0.808 bits per heavy atom. The Morgan fingerprint density at radius 3 is 1.19 bits per heavy atom. The lowest BCUT2D eigenvalue weighted by Gasteiger charge is -2.36. The first kappa shape index (κ1) is 20.1. The molecule has 2 atom stereocenters. The summed E-state index contributed by atoms with van der Waals surface area (Å²) in [5, 5.41) is 16.0. The summed E-state index contributed by atoms with van der Waals surface area (Å²) < 4.78 is 0. The molecular weight excluding hydrogens is 360 g/mol. The van der Waals surface area contributed by atoms with Gasteiger partial charge in [0.15, 0.2) is 10.2 Å². The lowest BCUT2D eigenvalue weighted by Crippen LogP contribution is -2.58. The van der Waals surface area contributed by atoms with Gasteiger partial charge < -0.3 is 21.3 Å². The summed E-state index contributed by atoms with van der Waals surface area (Å²) in [6.45, 7) is 0. The second-order valence-corrected chi connectivity index (χ2v) is 9.22. The predicted molar refractivity (Wildman–Crippen MR) is 118 cm³/mol. The zero-order chi connectivity index (χ0) is 18.2. The SMILES string of the molecule is S=C(NC1CCCCC1)N[C@H]1CCCC[C@H]1NC(=S)NC1CCCCC1. The van der Waals surface area contributed by atoms with Gasteiger partial charge in [-0.25, -0.2) is 0 Å². The molecule has 0 aromatic heterocycles. The number of hydrogen-bond donors (Lipinski definition) is 4. The maximum Gasteiger partial charge on any atom is 0.166 e. The second kappa shape index (κ2) is 10.6. The fraction of sp³-hybridized carbons (Fsp3) is 0.900. The third-order valence-corrected chi connectivity index (χ3v) is 6.75. The molecule has 0 radical (unpaired) electrons. The number of nitrogens with one attached hydrogen (secondary N) is 4. The third-order valence-electron chi connectivity index (χ3n) is 6.28. The van der Waals surface area contributed by atoms with Crippen LogP contribution in [0.2, 0.25) is 0 Å². The molecule has 0 amide bonds. The Bertz CT molecular complexity index is 417. The molecule has 4 N–H and O–H groups in total. The van der Waals surface area contributed by atoms with E-state index in [0.717, 1.165) is 23.1 Å². The first-order valence-electron chi connectivity index (χ1n) is 10.8. The molecule has 0 unspecified atom stereocenters. The molecule has 0 aliphatic heterocycles. The number of thiocarbonyl (C=S) groups is 2. The van der Waals surface area contributed by atoms with Crippen LogP contribution in [0.15, 0.2) is 0 Å². The van der Waals surface area contributed by atoms with Gasteiger partial charge in [0, 0.05) is 24.2 Å². The van der Waals surface area contributed by atoms with Crippen LogP contribution in [0.25, 0.3) is 0 Å². The average molecular weight is 397 g/mol. The maximum atomic E-state index is 5.61. The van der Waals surface area contributed by atoms with Crippen LogP contribution in [0.3, 0.4) is 0 Å². The van der Waals surface area contributed by atoms with E-state index in [9.17, 15) is 0 Å². The van der Waals surface area contributed by atoms with Crippen molar-refractivity contribution in [2.75, 3.05) is 0 Å². The van der Waals surface area contributed by atoms with Crippen LogP contribution >= 0.6 is 24.4 Å². The van der Waals surface area contributed by atoms with E-state index >= 15 is 0 Å². The third kappa shape index (κ3) is 6.52. The zero-order valence-electron chi connectivity index (χ0n) is 16.0. The molecule has 3 fully saturated rings. The summed E-state index contributed by atoms with van der Waals surface area (Å²) in [6, 6.07) is 1.87. The molecule has 0 bridgehead atoms. The van der Waals surface area contributed by atoms with Gasteiger partial charge in [-0.2, -0.15) is 0 Å². The van der Waals surface area contributed by atoms with Gasteiger partial charge >= 0.3 is 0 Å². The van der Waals surface area contributed by atoms with Crippen molar-refractivity contribution in [3.63, 3.8) is 0 Å². The highest BCUT2D eigenvalue weighted by Gasteiger charge is 2.27. The average Bonchev–Trinajstić information content (AvgIpc) is 2.65. The van der Waals surface area contributed by atoms with Crippen molar-refractivity contribution in [3.8, 4) is 0 Å². The summed E-state index contributed by atoms with van der Waals surface area (Å²) in [5.74, 6) is 0. The van der Waals surface area contributed by atoms with E-state index in [1.54, 1.807) is 0 Å². The maximum absolute atomic E-state index is 5.61. The highest BCUT2D eigenvalue weighted by atomic mass is 32.1. The van der Waals surface area contributed by atoms with Crippen LogP contribution in [0.5, 0.6) is 0 Å². The molecule has 4 nitrogen and oxygen atoms in total. The fourth-order valence-corrected chi connectivity index (χ4v) is 5.40. The van der Waals surface area contributed by atoms with Crippen molar-refractivity contribution in [1.82, 2.24) is 21.3 Å². The van der Waals surface area contributed by atoms with Crippen LogP contribution in [-0.2, 0) is 0 Å². The van der Waals surface area contributed by atoms with Crippen molar-refractivity contribution < 1.29 is 0 Å². The molecule has 26 heavy (non-hydrogen) atoms. The van der Waals surface area contributed by atoms with Gasteiger partial charge in [-0.1, -0.05) is 51.4 Å². The van der Waals surface area contributed by atoms with Gasteiger partial charge in [-0.3, -0.25) is 0 Å². The molecule has 3 rings (SSSR count). The van der Waals surface area contributed by atoms with Crippen molar-refractivity contribution in [3.05, 3.63) is 0 Å². The van der Waals surface area contributed by atoms with Gasteiger partial charge in [0.25, 0.3) is 0 Å². The molecular formula is C20H36N4S2. The Balaban J connectivity index is 1.44. The highest BCUT2D eigenvalue weighted by Crippen LogP contribution is 2.21. The van der Waals surface area contributed by atoms with Gasteiger partial charge in [0.2, 0.25) is 0 Å². The topological polar surface area (TPSA) is 48.1 Å². The largest absolute Gasteiger partial charge is 0.360 e. The molecule has 6 heteroatoms. The van der Waals surface area contributed by atoms with Crippen LogP contribution in [0.4, 0.5) is 0 Å². The predicted octanol–water partition coefficient (Wildman–Crippen LogP) is 3.89. The van der Waals surface area contributed by atoms with Crippen molar-refractivity contribution in [2.24, 2.45) is 0 Å². The second-order valence-electron chi connectivity index (χ2n) is 8.40. The molecule has 0 aromatic rings. The monoisotopic (exact) mass is 396 g/mol. The first-order valence-corrected chi connectivity index (χ1v) is 11.7. The molecule has 0 aromatic carbocycles. The van der Waals surface area contributed by atoms with E-state index in [1.807, 2.05) is 0 Å². The van der Waals surface area contributed by atoms with Crippen LogP contribution in [0, 0.1) is 0 Å². The van der Waals surface area contributed by atoms with E-state index in [1.165, 1.54) is 77.0 Å². The first-order chi connectivity index (χ1) is 12.7. The highest BCUT2D eigenvalue weighted by molar-refractivity contribution is 7.80. The smallest absolute Gasteiger partial charge is 0.166 e. The van der Waals surface area contributed by atoms with Crippen molar-refractivity contribution >= 4 is 34.7 Å². The Kier molecular flexibility index (Phi) is 8.24.